The molecule has 18 heavy (non-hydrogen) atoms. The Balaban J connectivity index is 2.12. The highest BCUT2D eigenvalue weighted by atomic mass is 19.2. The fourth-order valence-electron chi connectivity index (χ4n) is 2.31. The third-order valence-corrected chi connectivity index (χ3v) is 3.16. The van der Waals surface area contributed by atoms with E-state index < -0.39 is 17.6 Å². The van der Waals surface area contributed by atoms with Crippen LogP contribution in [0, 0.1) is 11.6 Å². The van der Waals surface area contributed by atoms with Crippen LogP contribution in [-0.4, -0.2) is 24.2 Å². The molecule has 0 bridgehead atoms. The number of benzene rings is 1. The molecule has 1 aromatic carbocycles. The van der Waals surface area contributed by atoms with Crippen molar-refractivity contribution in [3.63, 3.8) is 0 Å². The van der Waals surface area contributed by atoms with Gasteiger partial charge in [0.25, 0.3) is 0 Å². The minimum absolute atomic E-state index is 0.0928. The summed E-state index contributed by atoms with van der Waals surface area (Å²) in [4.78, 5) is 12.4. The summed E-state index contributed by atoms with van der Waals surface area (Å²) < 4.78 is 26.4. The molecule has 2 rings (SSSR count). The Morgan fingerprint density at radius 3 is 2.78 bits per heavy atom. The Kier molecular flexibility index (Phi) is 3.79. The van der Waals surface area contributed by atoms with E-state index in [1.807, 2.05) is 4.90 Å². The lowest BCUT2D eigenvalue weighted by Crippen LogP contribution is -2.30. The van der Waals surface area contributed by atoms with Crippen LogP contribution < -0.4 is 4.90 Å². The Morgan fingerprint density at radius 2 is 2.06 bits per heavy atom. The van der Waals surface area contributed by atoms with Crippen molar-refractivity contribution < 1.29 is 18.7 Å². The summed E-state index contributed by atoms with van der Waals surface area (Å²) in [6.45, 7) is 1.32. The van der Waals surface area contributed by atoms with Crippen molar-refractivity contribution in [2.75, 3.05) is 18.0 Å². The topological polar surface area (TPSA) is 40.5 Å². The Hall–Kier alpha value is -1.65. The summed E-state index contributed by atoms with van der Waals surface area (Å²) in [6, 6.07) is 2.46. The van der Waals surface area contributed by atoms with E-state index in [2.05, 4.69) is 0 Å². The Bertz CT molecular complexity index is 463. The van der Waals surface area contributed by atoms with Gasteiger partial charge in [-0.3, -0.25) is 4.79 Å². The number of fused-ring (bicyclic) bond motifs is 1. The molecule has 3 nitrogen and oxygen atoms in total. The number of carbonyl (C=O) groups is 1. The molecule has 0 fully saturated rings. The van der Waals surface area contributed by atoms with Crippen LogP contribution >= 0.6 is 0 Å². The largest absolute Gasteiger partial charge is 0.481 e. The number of nitrogens with zero attached hydrogens (tertiary/aromatic N) is 1. The highest BCUT2D eigenvalue weighted by Crippen LogP contribution is 2.29. The molecular weight excluding hydrogens is 240 g/mol. The normalized spacial score (nSPS) is 14.4. The molecular formula is C13H15F2NO2. The van der Waals surface area contributed by atoms with Crippen molar-refractivity contribution in [1.29, 1.82) is 0 Å². The molecule has 0 spiro atoms. The molecule has 1 aliphatic rings. The van der Waals surface area contributed by atoms with E-state index in [9.17, 15) is 13.6 Å². The predicted molar refractivity (Wildman–Crippen MR) is 63.8 cm³/mol. The molecule has 1 aliphatic heterocycles. The van der Waals surface area contributed by atoms with Crippen LogP contribution in [0.2, 0.25) is 0 Å². The van der Waals surface area contributed by atoms with E-state index in [1.54, 1.807) is 0 Å². The van der Waals surface area contributed by atoms with Crippen LogP contribution in [0.25, 0.3) is 0 Å². The van der Waals surface area contributed by atoms with Crippen molar-refractivity contribution in [2.45, 2.75) is 25.7 Å². The van der Waals surface area contributed by atoms with Gasteiger partial charge < -0.3 is 10.0 Å². The molecule has 0 atom stereocenters. The maximum absolute atomic E-state index is 13.2. The second-order valence-electron chi connectivity index (χ2n) is 4.48. The summed E-state index contributed by atoms with van der Waals surface area (Å²) in [7, 11) is 0. The molecule has 0 radical (unpaired) electrons. The van der Waals surface area contributed by atoms with Gasteiger partial charge in [0.05, 0.1) is 0 Å². The molecule has 0 saturated heterocycles. The zero-order chi connectivity index (χ0) is 13.1. The van der Waals surface area contributed by atoms with Gasteiger partial charge in [-0.2, -0.15) is 0 Å². The number of carboxylic acid groups (broad SMARTS) is 1. The summed E-state index contributed by atoms with van der Waals surface area (Å²) in [5, 5.41) is 8.59. The number of hydrogen-bond acceptors (Lipinski definition) is 2. The van der Waals surface area contributed by atoms with Crippen LogP contribution in [0.1, 0.15) is 24.8 Å². The van der Waals surface area contributed by atoms with Gasteiger partial charge in [-0.15, -0.1) is 0 Å². The fourth-order valence-corrected chi connectivity index (χ4v) is 2.31. The number of carboxylic acids is 1. The maximum Gasteiger partial charge on any atom is 0.303 e. The van der Waals surface area contributed by atoms with Gasteiger partial charge in [0.15, 0.2) is 11.6 Å². The van der Waals surface area contributed by atoms with E-state index in [-0.39, 0.29) is 6.42 Å². The van der Waals surface area contributed by atoms with Crippen molar-refractivity contribution in [3.8, 4) is 0 Å². The predicted octanol–water partition coefficient (Wildman–Crippen LogP) is 2.58. The maximum atomic E-state index is 13.2. The molecule has 1 heterocycles. The second-order valence-corrected chi connectivity index (χ2v) is 4.48. The monoisotopic (exact) mass is 255 g/mol. The molecule has 0 unspecified atom stereocenters. The minimum Gasteiger partial charge on any atom is -0.481 e. The number of anilines is 1. The van der Waals surface area contributed by atoms with E-state index in [4.69, 9.17) is 5.11 Å². The highest BCUT2D eigenvalue weighted by Gasteiger charge is 2.19. The molecule has 0 aliphatic carbocycles. The zero-order valence-corrected chi connectivity index (χ0v) is 9.96. The quantitative estimate of drug-likeness (QED) is 0.899. The minimum atomic E-state index is -0.848. The van der Waals surface area contributed by atoms with Crippen molar-refractivity contribution in [1.82, 2.24) is 0 Å². The first-order valence-corrected chi connectivity index (χ1v) is 6.02. The first-order chi connectivity index (χ1) is 8.58. The molecule has 0 amide bonds. The van der Waals surface area contributed by atoms with Gasteiger partial charge in [0, 0.05) is 31.3 Å². The van der Waals surface area contributed by atoms with Crippen molar-refractivity contribution in [2.24, 2.45) is 0 Å². The Labute approximate surface area is 104 Å². The summed E-state index contributed by atoms with van der Waals surface area (Å²) in [6.07, 6.45) is 2.22. The van der Waals surface area contributed by atoms with Crippen LogP contribution in [0.3, 0.4) is 0 Å². The molecule has 0 saturated carbocycles. The average molecular weight is 255 g/mol. The van der Waals surface area contributed by atoms with E-state index in [1.165, 1.54) is 12.1 Å². The number of hydrogen-bond donors (Lipinski definition) is 1. The van der Waals surface area contributed by atoms with Gasteiger partial charge in [-0.25, -0.2) is 8.78 Å². The first kappa shape index (κ1) is 12.8. The number of aliphatic carboxylic acids is 1. The van der Waals surface area contributed by atoms with Crippen LogP contribution in [-0.2, 0) is 11.2 Å². The Morgan fingerprint density at radius 1 is 1.33 bits per heavy atom. The van der Waals surface area contributed by atoms with Crippen molar-refractivity contribution in [3.05, 3.63) is 29.3 Å². The van der Waals surface area contributed by atoms with Crippen molar-refractivity contribution >= 4 is 11.7 Å². The molecule has 0 aromatic heterocycles. The third kappa shape index (κ3) is 2.78. The molecule has 1 N–H and O–H groups in total. The number of aryl methyl sites for hydroxylation is 1. The lowest BCUT2D eigenvalue weighted by molar-refractivity contribution is -0.137. The third-order valence-electron chi connectivity index (χ3n) is 3.16. The summed E-state index contributed by atoms with van der Waals surface area (Å²) >= 11 is 0. The lowest BCUT2D eigenvalue weighted by Gasteiger charge is -2.31. The summed E-state index contributed by atoms with van der Waals surface area (Å²) in [5.74, 6) is -2.50. The zero-order valence-electron chi connectivity index (χ0n) is 9.96. The lowest BCUT2D eigenvalue weighted by atomic mass is 10.0. The average Bonchev–Trinajstić information content (AvgIpc) is 2.31. The number of rotatable bonds is 4. The standard InChI is InChI=1S/C13H15F2NO2/c14-10-7-9-3-1-5-16(6-2-4-13(17)18)12(9)8-11(10)15/h7-8H,1-6H2,(H,17,18). The van der Waals surface area contributed by atoms with Crippen LogP contribution in [0.4, 0.5) is 14.5 Å². The SMILES string of the molecule is O=C(O)CCCN1CCCc2cc(F)c(F)cc21. The van der Waals surface area contributed by atoms with E-state index >= 15 is 0 Å². The second kappa shape index (κ2) is 5.33. The van der Waals surface area contributed by atoms with Gasteiger partial charge in [-0.1, -0.05) is 0 Å². The highest BCUT2D eigenvalue weighted by molar-refractivity contribution is 5.66. The fraction of sp³-hybridized carbons (Fsp3) is 0.462. The molecule has 5 heteroatoms. The van der Waals surface area contributed by atoms with Crippen LogP contribution in [0.5, 0.6) is 0 Å². The van der Waals surface area contributed by atoms with Gasteiger partial charge in [0.1, 0.15) is 0 Å². The smallest absolute Gasteiger partial charge is 0.303 e. The van der Waals surface area contributed by atoms with E-state index in [0.717, 1.165) is 24.9 Å². The molecule has 1 aromatic rings. The van der Waals surface area contributed by atoms with Crippen LogP contribution in [0.15, 0.2) is 12.1 Å². The van der Waals surface area contributed by atoms with Gasteiger partial charge in [-0.05, 0) is 30.9 Å². The summed E-state index contributed by atoms with van der Waals surface area (Å²) in [5.41, 5.74) is 1.50. The number of halogens is 2. The van der Waals surface area contributed by atoms with Gasteiger partial charge >= 0.3 is 5.97 Å². The van der Waals surface area contributed by atoms with Gasteiger partial charge in [0.2, 0.25) is 0 Å². The molecule has 98 valence electrons. The first-order valence-electron chi connectivity index (χ1n) is 6.02. The van der Waals surface area contributed by atoms with E-state index in [0.29, 0.717) is 18.7 Å².